The largest absolute Gasteiger partial charge is 0.454 e. The predicted molar refractivity (Wildman–Crippen MR) is 122 cm³/mol. The molecular weight excluding hydrogens is 376 g/mol. The van der Waals surface area contributed by atoms with Gasteiger partial charge in [0.15, 0.2) is 11.5 Å². The van der Waals surface area contributed by atoms with Crippen molar-refractivity contribution in [3.05, 3.63) is 59.2 Å². The summed E-state index contributed by atoms with van der Waals surface area (Å²) >= 11 is 0. The van der Waals surface area contributed by atoms with E-state index in [1.54, 1.807) is 0 Å². The second kappa shape index (κ2) is 12.2. The van der Waals surface area contributed by atoms with Gasteiger partial charge in [0, 0.05) is 31.7 Å². The number of benzene rings is 2. The van der Waals surface area contributed by atoms with Crippen molar-refractivity contribution in [2.24, 2.45) is 0 Å². The van der Waals surface area contributed by atoms with Gasteiger partial charge in [0.1, 0.15) is 0 Å². The van der Waals surface area contributed by atoms with Crippen molar-refractivity contribution in [1.82, 2.24) is 9.80 Å². The average molecular weight is 413 g/mol. The summed E-state index contributed by atoms with van der Waals surface area (Å²) in [5.74, 6) is 1.71. The molecule has 3 rings (SSSR count). The Hall–Kier alpha value is -2.53. The summed E-state index contributed by atoms with van der Waals surface area (Å²) in [5.41, 5.74) is 3.22. The maximum Gasteiger partial charge on any atom is 0.253 e. The number of carbonyl (C=O) groups excluding carboxylic acids is 1. The first-order chi connectivity index (χ1) is 14.6. The highest BCUT2D eigenvalue weighted by Gasteiger charge is 2.16. The number of carbonyl (C=O) groups is 1. The fraction of sp³-hybridized carbons (Fsp3) is 0.480. The van der Waals surface area contributed by atoms with Crippen LogP contribution in [0.3, 0.4) is 0 Å². The summed E-state index contributed by atoms with van der Waals surface area (Å²) < 4.78 is 10.8. The van der Waals surface area contributed by atoms with E-state index in [0.717, 1.165) is 43.0 Å². The van der Waals surface area contributed by atoms with Gasteiger partial charge in [-0.05, 0) is 55.8 Å². The second-order valence-corrected chi connectivity index (χ2v) is 7.26. The zero-order chi connectivity index (χ0) is 21.9. The molecular formula is C25H36N2O3. The Labute approximate surface area is 181 Å². The molecule has 0 radical (unpaired) electrons. The minimum Gasteiger partial charge on any atom is -0.454 e. The molecule has 2 aromatic rings. The van der Waals surface area contributed by atoms with Crippen LogP contribution < -0.4 is 9.47 Å². The molecule has 0 atom stereocenters. The molecule has 5 nitrogen and oxygen atoms in total. The van der Waals surface area contributed by atoms with Crippen LogP contribution in [0.15, 0.2) is 42.5 Å². The zero-order valence-electron chi connectivity index (χ0n) is 19.1. The van der Waals surface area contributed by atoms with Gasteiger partial charge >= 0.3 is 0 Å². The molecule has 1 heterocycles. The summed E-state index contributed by atoms with van der Waals surface area (Å²) in [5, 5.41) is 0. The lowest BCUT2D eigenvalue weighted by Crippen LogP contribution is -2.37. The van der Waals surface area contributed by atoms with Crippen molar-refractivity contribution in [1.29, 1.82) is 0 Å². The Morgan fingerprint density at radius 3 is 2.27 bits per heavy atom. The van der Waals surface area contributed by atoms with E-state index in [-0.39, 0.29) is 5.91 Å². The fourth-order valence-corrected chi connectivity index (χ4v) is 3.41. The molecule has 0 fully saturated rings. The van der Waals surface area contributed by atoms with Gasteiger partial charge < -0.3 is 19.3 Å². The van der Waals surface area contributed by atoms with E-state index < -0.39 is 0 Å². The summed E-state index contributed by atoms with van der Waals surface area (Å²) in [7, 11) is 2.07. The summed E-state index contributed by atoms with van der Waals surface area (Å²) in [6.07, 6.45) is 2.17. The maximum absolute atomic E-state index is 12.8. The van der Waals surface area contributed by atoms with Crippen molar-refractivity contribution in [2.45, 2.75) is 47.1 Å². The van der Waals surface area contributed by atoms with Gasteiger partial charge in [-0.15, -0.1) is 0 Å². The van der Waals surface area contributed by atoms with Gasteiger partial charge in [-0.2, -0.15) is 0 Å². The zero-order valence-corrected chi connectivity index (χ0v) is 19.1. The minimum atomic E-state index is 0.0991. The molecule has 0 N–H and O–H groups in total. The number of ether oxygens (including phenoxy) is 2. The highest BCUT2D eigenvalue weighted by Crippen LogP contribution is 2.32. The predicted octanol–water partition coefficient (Wildman–Crippen LogP) is 4.99. The molecule has 0 saturated heterocycles. The Kier molecular flexibility index (Phi) is 9.68. The molecule has 30 heavy (non-hydrogen) atoms. The number of hydrogen-bond donors (Lipinski definition) is 0. The van der Waals surface area contributed by atoms with Crippen LogP contribution in [0, 0.1) is 0 Å². The highest BCUT2D eigenvalue weighted by molar-refractivity contribution is 5.94. The van der Waals surface area contributed by atoms with E-state index >= 15 is 0 Å². The van der Waals surface area contributed by atoms with Crippen molar-refractivity contribution < 1.29 is 14.3 Å². The monoisotopic (exact) mass is 412 g/mol. The quantitative estimate of drug-likeness (QED) is 0.582. The summed E-state index contributed by atoms with van der Waals surface area (Å²) in [4.78, 5) is 16.9. The molecule has 0 bridgehead atoms. The maximum atomic E-state index is 12.8. The highest BCUT2D eigenvalue weighted by atomic mass is 16.7. The van der Waals surface area contributed by atoms with Gasteiger partial charge in [-0.25, -0.2) is 0 Å². The van der Waals surface area contributed by atoms with E-state index in [1.165, 1.54) is 11.1 Å². The minimum absolute atomic E-state index is 0.0991. The summed E-state index contributed by atoms with van der Waals surface area (Å²) in [6, 6.07) is 14.1. The first kappa shape index (κ1) is 23.7. The number of fused-ring (bicyclic) bond motifs is 1. The Morgan fingerprint density at radius 1 is 0.933 bits per heavy atom. The first-order valence-electron chi connectivity index (χ1n) is 11.1. The van der Waals surface area contributed by atoms with Crippen LogP contribution >= 0.6 is 0 Å². The number of likely N-dealkylation sites (N-methyl/N-ethyl adjacent to an activating group) is 2. The third-order valence-corrected chi connectivity index (χ3v) is 5.05. The van der Waals surface area contributed by atoms with Crippen molar-refractivity contribution in [2.75, 3.05) is 33.5 Å². The summed E-state index contributed by atoms with van der Waals surface area (Å²) in [6.45, 7) is 11.5. The Balaban J connectivity index is 0.00000155. The molecule has 1 aliphatic heterocycles. The van der Waals surface area contributed by atoms with Crippen molar-refractivity contribution >= 4 is 5.91 Å². The number of amides is 1. The van der Waals surface area contributed by atoms with E-state index in [9.17, 15) is 4.79 Å². The van der Waals surface area contributed by atoms with Crippen LogP contribution in [0.4, 0.5) is 0 Å². The normalized spacial score (nSPS) is 11.8. The molecule has 0 aliphatic carbocycles. The molecule has 0 saturated carbocycles. The lowest BCUT2D eigenvalue weighted by atomic mass is 10.1. The molecule has 164 valence electrons. The number of aryl methyl sites for hydroxylation is 1. The lowest BCUT2D eigenvalue weighted by Gasteiger charge is -2.25. The Bertz CT molecular complexity index is 789. The SMILES string of the molecule is CC.CCCc1ccc(C(=O)N(CC)CCN(C)Cc2ccc3c(c2)OCO3)cc1. The fourth-order valence-electron chi connectivity index (χ4n) is 3.41. The van der Waals surface area contributed by atoms with Crippen LogP contribution in [0.2, 0.25) is 0 Å². The molecule has 2 aromatic carbocycles. The van der Waals surface area contributed by atoms with E-state index in [4.69, 9.17) is 9.47 Å². The third kappa shape index (κ3) is 6.49. The van der Waals surface area contributed by atoms with Crippen LogP contribution in [0.1, 0.15) is 55.6 Å². The van der Waals surface area contributed by atoms with E-state index in [0.29, 0.717) is 19.9 Å². The van der Waals surface area contributed by atoms with Crippen molar-refractivity contribution in [3.8, 4) is 11.5 Å². The van der Waals surface area contributed by atoms with Crippen LogP contribution in [0.25, 0.3) is 0 Å². The Morgan fingerprint density at radius 2 is 1.60 bits per heavy atom. The lowest BCUT2D eigenvalue weighted by molar-refractivity contribution is 0.0749. The molecule has 0 spiro atoms. The van der Waals surface area contributed by atoms with Gasteiger partial charge in [0.2, 0.25) is 6.79 Å². The van der Waals surface area contributed by atoms with Crippen LogP contribution in [0.5, 0.6) is 11.5 Å². The topological polar surface area (TPSA) is 42.0 Å². The van der Waals surface area contributed by atoms with Gasteiger partial charge in [0.25, 0.3) is 5.91 Å². The number of hydrogen-bond acceptors (Lipinski definition) is 4. The van der Waals surface area contributed by atoms with Gasteiger partial charge in [0.05, 0.1) is 0 Å². The van der Waals surface area contributed by atoms with E-state index in [2.05, 4.69) is 37.1 Å². The van der Waals surface area contributed by atoms with Crippen LogP contribution in [-0.2, 0) is 13.0 Å². The average Bonchev–Trinajstić information content (AvgIpc) is 3.24. The number of rotatable bonds is 9. The molecule has 0 aromatic heterocycles. The van der Waals surface area contributed by atoms with Gasteiger partial charge in [-0.3, -0.25) is 4.79 Å². The molecule has 1 aliphatic rings. The first-order valence-corrected chi connectivity index (χ1v) is 11.1. The standard InChI is InChI=1S/C23H30N2O3.C2H6/c1-4-6-18-7-10-20(11-8-18)23(26)25(5-2)14-13-24(3)16-19-9-12-21-22(15-19)28-17-27-21;1-2/h7-12,15H,4-6,13-14,16-17H2,1-3H3;1-2H3. The molecule has 1 amide bonds. The molecule has 0 unspecified atom stereocenters. The van der Waals surface area contributed by atoms with Crippen molar-refractivity contribution in [3.63, 3.8) is 0 Å². The smallest absolute Gasteiger partial charge is 0.253 e. The third-order valence-electron chi connectivity index (χ3n) is 5.05. The second-order valence-electron chi connectivity index (χ2n) is 7.26. The number of nitrogens with zero attached hydrogens (tertiary/aromatic N) is 2. The molecule has 5 heteroatoms. The van der Waals surface area contributed by atoms with Gasteiger partial charge in [-0.1, -0.05) is 45.4 Å². The van der Waals surface area contributed by atoms with Crippen LogP contribution in [-0.4, -0.2) is 49.2 Å². The van der Waals surface area contributed by atoms with E-state index in [1.807, 2.05) is 49.9 Å².